The summed E-state index contributed by atoms with van der Waals surface area (Å²) in [6.45, 7) is 0.266. The van der Waals surface area contributed by atoms with Crippen LogP contribution in [0.2, 0.25) is 0 Å². The molecule has 7 heteroatoms. The van der Waals surface area contributed by atoms with Crippen LogP contribution in [-0.2, 0) is 6.61 Å². The zero-order valence-corrected chi connectivity index (χ0v) is 14.0. The Morgan fingerprint density at radius 3 is 2.80 bits per heavy atom. The van der Waals surface area contributed by atoms with E-state index in [1.807, 2.05) is 60.8 Å². The second-order valence-electron chi connectivity index (χ2n) is 5.39. The van der Waals surface area contributed by atoms with Crippen molar-refractivity contribution in [2.24, 2.45) is 5.10 Å². The highest BCUT2D eigenvalue weighted by Gasteiger charge is 2.07. The van der Waals surface area contributed by atoms with Crippen LogP contribution in [0.1, 0.15) is 11.4 Å². The van der Waals surface area contributed by atoms with Crippen molar-refractivity contribution in [3.63, 3.8) is 0 Å². The number of hydrogen-bond donors (Lipinski definition) is 2. The van der Waals surface area contributed by atoms with Crippen LogP contribution in [-0.4, -0.2) is 26.1 Å². The number of ether oxygens (including phenoxy) is 1. The van der Waals surface area contributed by atoms with Crippen LogP contribution in [0.15, 0.2) is 65.9 Å². The minimum absolute atomic E-state index is 0.266. The Balaban J connectivity index is 1.58. The topological polar surface area (TPSA) is 71.0 Å². The Hall–Kier alpha value is -3.19. The Labute approximate surface area is 148 Å². The summed E-state index contributed by atoms with van der Waals surface area (Å²) >= 11 is 5.26. The Morgan fingerprint density at radius 1 is 1.12 bits per heavy atom. The third-order valence-electron chi connectivity index (χ3n) is 3.76. The van der Waals surface area contributed by atoms with Gasteiger partial charge in [0.2, 0.25) is 4.77 Å². The van der Waals surface area contributed by atoms with Crippen molar-refractivity contribution < 1.29 is 4.74 Å². The van der Waals surface area contributed by atoms with Gasteiger partial charge >= 0.3 is 0 Å². The normalized spacial score (nSPS) is 11.4. The molecule has 0 fully saturated rings. The number of benzene rings is 2. The van der Waals surface area contributed by atoms with E-state index in [4.69, 9.17) is 17.0 Å². The first-order valence-corrected chi connectivity index (χ1v) is 8.17. The minimum Gasteiger partial charge on any atom is -0.486 e. The van der Waals surface area contributed by atoms with Crippen molar-refractivity contribution in [2.45, 2.75) is 6.61 Å². The van der Waals surface area contributed by atoms with Gasteiger partial charge < -0.3 is 9.72 Å². The molecule has 0 unspecified atom stereocenters. The average Bonchev–Trinajstić information content (AvgIpc) is 3.22. The molecular weight excluding hydrogens is 334 g/mol. The maximum absolute atomic E-state index is 5.72. The molecule has 2 aromatic carbocycles. The van der Waals surface area contributed by atoms with E-state index in [0.29, 0.717) is 10.6 Å². The standard InChI is InChI=1S/C18H15N5OS/c25-18-22-21-17(12-24-14-6-2-1-3-7-14)23(18)20-11-13-10-19-16-9-5-4-8-15(13)16/h1-11,19H,12H2,(H,22,25)/b20-11-. The average molecular weight is 349 g/mol. The van der Waals surface area contributed by atoms with Crippen LogP contribution < -0.4 is 4.74 Å². The number of aromatic nitrogens is 4. The summed E-state index contributed by atoms with van der Waals surface area (Å²) in [7, 11) is 0. The van der Waals surface area contributed by atoms with E-state index in [9.17, 15) is 0 Å². The van der Waals surface area contributed by atoms with Gasteiger partial charge in [-0.2, -0.15) is 14.9 Å². The SMILES string of the molecule is S=c1[nH]nc(COc2ccccc2)n1/N=C\c1c[nH]c2ccccc12. The summed E-state index contributed by atoms with van der Waals surface area (Å²) in [6, 6.07) is 17.6. The van der Waals surface area contributed by atoms with Gasteiger partial charge in [0, 0.05) is 22.7 Å². The molecule has 0 aliphatic rings. The molecule has 2 aromatic heterocycles. The smallest absolute Gasteiger partial charge is 0.216 e. The number of aromatic amines is 2. The molecule has 0 bridgehead atoms. The highest BCUT2D eigenvalue weighted by molar-refractivity contribution is 7.71. The molecule has 0 radical (unpaired) electrons. The number of fused-ring (bicyclic) bond motifs is 1. The van der Waals surface area contributed by atoms with Gasteiger partial charge in [-0.05, 0) is 30.4 Å². The monoisotopic (exact) mass is 349 g/mol. The lowest BCUT2D eigenvalue weighted by Gasteiger charge is -2.04. The molecule has 6 nitrogen and oxygen atoms in total. The van der Waals surface area contributed by atoms with Gasteiger partial charge in [-0.15, -0.1) is 0 Å². The Kier molecular flexibility index (Phi) is 4.14. The fourth-order valence-corrected chi connectivity index (χ4v) is 2.72. The maximum atomic E-state index is 5.72. The molecule has 124 valence electrons. The van der Waals surface area contributed by atoms with Gasteiger partial charge in [0.1, 0.15) is 12.4 Å². The van der Waals surface area contributed by atoms with Crippen molar-refractivity contribution in [3.8, 4) is 5.75 Å². The second-order valence-corrected chi connectivity index (χ2v) is 5.78. The van der Waals surface area contributed by atoms with Crippen LogP contribution in [0, 0.1) is 4.77 Å². The van der Waals surface area contributed by atoms with E-state index in [1.165, 1.54) is 0 Å². The summed E-state index contributed by atoms with van der Waals surface area (Å²) in [5, 5.41) is 12.5. The summed E-state index contributed by atoms with van der Waals surface area (Å²) in [6.07, 6.45) is 3.67. The lowest BCUT2D eigenvalue weighted by Crippen LogP contribution is -2.04. The zero-order valence-electron chi connectivity index (χ0n) is 13.2. The van der Waals surface area contributed by atoms with E-state index in [2.05, 4.69) is 20.3 Å². The molecule has 4 aromatic rings. The van der Waals surface area contributed by atoms with Crippen molar-refractivity contribution in [3.05, 3.63) is 77.0 Å². The molecule has 0 saturated carbocycles. The van der Waals surface area contributed by atoms with Crippen LogP contribution in [0.4, 0.5) is 0 Å². The Morgan fingerprint density at radius 2 is 1.92 bits per heavy atom. The van der Waals surface area contributed by atoms with Crippen molar-refractivity contribution in [1.82, 2.24) is 19.9 Å². The van der Waals surface area contributed by atoms with E-state index < -0.39 is 0 Å². The van der Waals surface area contributed by atoms with E-state index in [-0.39, 0.29) is 6.61 Å². The quantitative estimate of drug-likeness (QED) is 0.424. The maximum Gasteiger partial charge on any atom is 0.216 e. The van der Waals surface area contributed by atoms with E-state index in [0.717, 1.165) is 22.2 Å². The number of rotatable bonds is 5. The third-order valence-corrected chi connectivity index (χ3v) is 4.03. The van der Waals surface area contributed by atoms with E-state index in [1.54, 1.807) is 10.9 Å². The molecular formula is C18H15N5OS. The lowest BCUT2D eigenvalue weighted by atomic mass is 10.2. The van der Waals surface area contributed by atoms with Gasteiger partial charge in [-0.3, -0.25) is 0 Å². The molecule has 0 spiro atoms. The highest BCUT2D eigenvalue weighted by atomic mass is 32.1. The molecule has 0 aliphatic carbocycles. The number of H-pyrrole nitrogens is 2. The first-order valence-electron chi connectivity index (χ1n) is 7.76. The number of hydrogen-bond acceptors (Lipinski definition) is 4. The molecule has 0 aliphatic heterocycles. The molecule has 2 N–H and O–H groups in total. The summed E-state index contributed by atoms with van der Waals surface area (Å²) < 4.78 is 7.71. The summed E-state index contributed by atoms with van der Waals surface area (Å²) in [4.78, 5) is 3.22. The molecule has 0 amide bonds. The second kappa shape index (κ2) is 6.74. The van der Waals surface area contributed by atoms with Crippen LogP contribution in [0.5, 0.6) is 5.75 Å². The van der Waals surface area contributed by atoms with Gasteiger partial charge in [0.15, 0.2) is 5.82 Å². The van der Waals surface area contributed by atoms with Crippen molar-refractivity contribution in [2.75, 3.05) is 0 Å². The number of nitrogens with one attached hydrogen (secondary N) is 2. The molecule has 2 heterocycles. The van der Waals surface area contributed by atoms with Crippen molar-refractivity contribution >= 4 is 29.3 Å². The van der Waals surface area contributed by atoms with Crippen LogP contribution >= 0.6 is 12.2 Å². The van der Waals surface area contributed by atoms with Crippen LogP contribution in [0.3, 0.4) is 0 Å². The largest absolute Gasteiger partial charge is 0.486 e. The number of nitrogens with zero attached hydrogens (tertiary/aromatic N) is 3. The van der Waals surface area contributed by atoms with Gasteiger partial charge in [0.05, 0.1) is 6.21 Å². The first-order chi connectivity index (χ1) is 12.3. The molecule has 0 saturated heterocycles. The van der Waals surface area contributed by atoms with Gasteiger partial charge in [-0.25, -0.2) is 5.10 Å². The summed E-state index contributed by atoms with van der Waals surface area (Å²) in [5.74, 6) is 1.37. The molecule has 0 atom stereocenters. The molecule has 4 rings (SSSR count). The zero-order chi connectivity index (χ0) is 17.1. The first kappa shape index (κ1) is 15.3. The van der Waals surface area contributed by atoms with E-state index >= 15 is 0 Å². The molecule has 25 heavy (non-hydrogen) atoms. The van der Waals surface area contributed by atoms with Gasteiger partial charge in [0.25, 0.3) is 0 Å². The third kappa shape index (κ3) is 3.22. The summed E-state index contributed by atoms with van der Waals surface area (Å²) in [5.41, 5.74) is 2.04. The Bertz CT molecular complexity index is 1080. The van der Waals surface area contributed by atoms with Crippen molar-refractivity contribution in [1.29, 1.82) is 0 Å². The number of para-hydroxylation sites is 2. The fourth-order valence-electron chi connectivity index (χ4n) is 2.52. The van der Waals surface area contributed by atoms with Crippen LogP contribution in [0.25, 0.3) is 10.9 Å². The predicted octanol–water partition coefficient (Wildman–Crippen LogP) is 3.88. The minimum atomic E-state index is 0.266. The van der Waals surface area contributed by atoms with Gasteiger partial charge in [-0.1, -0.05) is 36.4 Å². The highest BCUT2D eigenvalue weighted by Crippen LogP contribution is 2.16. The predicted molar refractivity (Wildman–Crippen MR) is 99.5 cm³/mol. The fraction of sp³-hybridized carbons (Fsp3) is 0.0556. The lowest BCUT2D eigenvalue weighted by molar-refractivity contribution is 0.290.